The summed E-state index contributed by atoms with van der Waals surface area (Å²) in [6, 6.07) is 18.2. The Hall–Kier alpha value is -2.71. The summed E-state index contributed by atoms with van der Waals surface area (Å²) in [7, 11) is 0. The molecule has 0 radical (unpaired) electrons. The molecule has 0 saturated heterocycles. The average Bonchev–Trinajstić information content (AvgIpc) is 2.86. The quantitative estimate of drug-likeness (QED) is 0.318. The number of aliphatic hydroxyl groups is 2. The highest BCUT2D eigenvalue weighted by Gasteiger charge is 2.23. The molecule has 2 N–H and O–H groups in total. The molecule has 0 heterocycles. The molecule has 178 valence electrons. The second-order valence-electron chi connectivity index (χ2n) is 7.04. The molecule has 0 amide bonds. The molecule has 0 aliphatic carbocycles. The monoisotopic (exact) mass is 476 g/mol. The van der Waals surface area contributed by atoms with Crippen LogP contribution in [0.5, 0.6) is 0 Å². The summed E-state index contributed by atoms with van der Waals surface area (Å²) >= 11 is 5.90. The van der Waals surface area contributed by atoms with Crippen molar-refractivity contribution in [2.75, 3.05) is 19.8 Å². The first-order chi connectivity index (χ1) is 15.9. The van der Waals surface area contributed by atoms with E-state index in [9.17, 15) is 19.2 Å². The number of aliphatic hydroxyl groups excluding tert-OH is 2. The molecular weight excluding hydrogens is 448 g/mol. The van der Waals surface area contributed by atoms with E-state index in [-0.39, 0.29) is 32.7 Å². The Morgan fingerprint density at radius 1 is 0.758 bits per heavy atom. The first-order valence-corrected chi connectivity index (χ1v) is 11.0. The molecule has 33 heavy (non-hydrogen) atoms. The zero-order valence-corrected chi connectivity index (χ0v) is 19.1. The molecule has 0 spiro atoms. The third-order valence-corrected chi connectivity index (χ3v) is 4.83. The van der Waals surface area contributed by atoms with E-state index >= 15 is 0 Å². The van der Waals surface area contributed by atoms with Crippen LogP contribution in [0.3, 0.4) is 0 Å². The van der Waals surface area contributed by atoms with Gasteiger partial charge in [0, 0.05) is 26.1 Å². The smallest absolute Gasteiger partial charge is 0.223 e. The molecule has 1 atom stereocenters. The lowest BCUT2D eigenvalue weighted by atomic mass is 10.0. The Bertz CT molecular complexity index is 869. The Morgan fingerprint density at radius 3 is 1.82 bits per heavy atom. The molecule has 1 unspecified atom stereocenters. The van der Waals surface area contributed by atoms with Crippen molar-refractivity contribution in [3.05, 3.63) is 71.8 Å². The second-order valence-corrected chi connectivity index (χ2v) is 7.48. The standard InChI is InChI=1S/C13H16O4.C12H13ClO3/c14-8-4-7-12(15)13(16)10-17-9-11-5-2-1-3-6-11;13-11(9-5-2-1-3-6-9)12(16)10(15)7-4-8-14/h1-3,5-6,14H,4,7-10H2;1-3,5-6,11,14H,4,7-8H2. The van der Waals surface area contributed by atoms with E-state index in [4.69, 9.17) is 26.6 Å². The van der Waals surface area contributed by atoms with Gasteiger partial charge in [-0.15, -0.1) is 11.6 Å². The number of benzene rings is 2. The molecule has 0 fully saturated rings. The topological polar surface area (TPSA) is 118 Å². The van der Waals surface area contributed by atoms with Gasteiger partial charge in [-0.05, 0) is 24.0 Å². The number of Topliss-reactive ketones (excluding diaryl/α,β-unsaturated/α-hetero) is 4. The zero-order chi connectivity index (χ0) is 24.5. The minimum atomic E-state index is -0.924. The van der Waals surface area contributed by atoms with E-state index in [1.807, 2.05) is 36.4 Å². The van der Waals surface area contributed by atoms with Crippen molar-refractivity contribution in [3.8, 4) is 0 Å². The van der Waals surface area contributed by atoms with Gasteiger partial charge in [0.05, 0.1) is 6.61 Å². The van der Waals surface area contributed by atoms with Gasteiger partial charge in [-0.1, -0.05) is 60.7 Å². The molecule has 2 aromatic rings. The van der Waals surface area contributed by atoms with E-state index < -0.39 is 28.5 Å². The lowest BCUT2D eigenvalue weighted by molar-refractivity contribution is -0.139. The maximum Gasteiger partial charge on any atom is 0.223 e. The highest BCUT2D eigenvalue weighted by Crippen LogP contribution is 2.22. The number of hydrogen-bond donors (Lipinski definition) is 2. The van der Waals surface area contributed by atoms with Crippen molar-refractivity contribution in [2.24, 2.45) is 0 Å². The van der Waals surface area contributed by atoms with Crippen molar-refractivity contribution in [1.82, 2.24) is 0 Å². The average molecular weight is 477 g/mol. The lowest BCUT2D eigenvalue weighted by Gasteiger charge is -2.07. The number of carbonyl (C=O) groups excluding carboxylic acids is 4. The third kappa shape index (κ3) is 11.6. The van der Waals surface area contributed by atoms with Gasteiger partial charge < -0.3 is 14.9 Å². The Balaban J connectivity index is 0.000000331. The normalized spacial score (nSPS) is 11.1. The van der Waals surface area contributed by atoms with Crippen LogP contribution in [0.2, 0.25) is 0 Å². The predicted molar refractivity (Wildman–Crippen MR) is 124 cm³/mol. The number of carbonyl (C=O) groups is 4. The summed E-state index contributed by atoms with van der Waals surface area (Å²) in [6.07, 6.45) is 0.752. The molecule has 0 saturated carbocycles. The molecule has 0 aliphatic heterocycles. The van der Waals surface area contributed by atoms with E-state index in [1.165, 1.54) is 0 Å². The van der Waals surface area contributed by atoms with Crippen LogP contribution in [-0.4, -0.2) is 53.2 Å². The fourth-order valence-corrected chi connectivity index (χ4v) is 2.84. The van der Waals surface area contributed by atoms with Crippen LogP contribution in [-0.2, 0) is 30.5 Å². The summed E-state index contributed by atoms with van der Waals surface area (Å²) in [5, 5.41) is 16.2. The Kier molecular flexibility index (Phi) is 14.5. The van der Waals surface area contributed by atoms with Crippen LogP contribution in [0.25, 0.3) is 0 Å². The van der Waals surface area contributed by atoms with Gasteiger partial charge in [0.15, 0.2) is 5.78 Å². The molecule has 2 rings (SSSR count). The summed E-state index contributed by atoms with van der Waals surface area (Å²) in [5.41, 5.74) is 1.58. The maximum atomic E-state index is 11.6. The first kappa shape index (κ1) is 28.3. The number of hydrogen-bond acceptors (Lipinski definition) is 7. The Morgan fingerprint density at radius 2 is 1.27 bits per heavy atom. The van der Waals surface area contributed by atoms with Crippen LogP contribution in [0.1, 0.15) is 42.2 Å². The molecule has 2 aromatic carbocycles. The maximum absolute atomic E-state index is 11.6. The molecule has 0 aromatic heterocycles. The van der Waals surface area contributed by atoms with Gasteiger partial charge in [0.25, 0.3) is 0 Å². The number of rotatable bonds is 14. The minimum Gasteiger partial charge on any atom is -0.396 e. The van der Waals surface area contributed by atoms with Gasteiger partial charge in [0.2, 0.25) is 17.3 Å². The predicted octanol–water partition coefficient (Wildman–Crippen LogP) is 2.99. The van der Waals surface area contributed by atoms with Gasteiger partial charge in [-0.25, -0.2) is 0 Å². The highest BCUT2D eigenvalue weighted by atomic mass is 35.5. The summed E-state index contributed by atoms with van der Waals surface area (Å²) in [4.78, 5) is 45.4. The number of ketones is 4. The van der Waals surface area contributed by atoms with Gasteiger partial charge in [-0.3, -0.25) is 19.2 Å². The van der Waals surface area contributed by atoms with Crippen LogP contribution in [0, 0.1) is 0 Å². The number of halogens is 1. The van der Waals surface area contributed by atoms with Crippen molar-refractivity contribution in [1.29, 1.82) is 0 Å². The molecule has 0 bridgehead atoms. The summed E-state index contributed by atoms with van der Waals surface area (Å²) in [6.45, 7) is -0.0553. The van der Waals surface area contributed by atoms with Crippen LogP contribution in [0.15, 0.2) is 60.7 Å². The lowest BCUT2D eigenvalue weighted by Crippen LogP contribution is -2.19. The van der Waals surface area contributed by atoms with Gasteiger partial charge in [-0.2, -0.15) is 0 Å². The van der Waals surface area contributed by atoms with Crippen molar-refractivity contribution >= 4 is 34.7 Å². The van der Waals surface area contributed by atoms with E-state index in [1.54, 1.807) is 24.3 Å². The molecule has 0 aliphatic rings. The third-order valence-electron chi connectivity index (χ3n) is 4.38. The van der Waals surface area contributed by atoms with Crippen LogP contribution < -0.4 is 0 Å². The highest BCUT2D eigenvalue weighted by molar-refractivity contribution is 6.49. The van der Waals surface area contributed by atoms with Crippen molar-refractivity contribution < 1.29 is 34.1 Å². The molecule has 7 nitrogen and oxygen atoms in total. The second kappa shape index (κ2) is 16.9. The zero-order valence-electron chi connectivity index (χ0n) is 18.3. The van der Waals surface area contributed by atoms with Crippen molar-refractivity contribution in [2.45, 2.75) is 37.7 Å². The van der Waals surface area contributed by atoms with Gasteiger partial charge in [0.1, 0.15) is 12.0 Å². The SMILES string of the molecule is O=C(CCCO)C(=O)C(Cl)c1ccccc1.O=C(CCCO)C(=O)COCc1ccccc1. The fourth-order valence-electron chi connectivity index (χ4n) is 2.57. The van der Waals surface area contributed by atoms with E-state index in [0.717, 1.165) is 5.56 Å². The van der Waals surface area contributed by atoms with Crippen molar-refractivity contribution in [3.63, 3.8) is 0 Å². The van der Waals surface area contributed by atoms with E-state index in [0.29, 0.717) is 25.0 Å². The largest absolute Gasteiger partial charge is 0.396 e. The number of alkyl halides is 1. The molecule has 8 heteroatoms. The first-order valence-electron chi connectivity index (χ1n) is 10.6. The number of ether oxygens (including phenoxy) is 1. The van der Waals surface area contributed by atoms with Crippen LogP contribution in [0.4, 0.5) is 0 Å². The molecular formula is C25H29ClO7. The van der Waals surface area contributed by atoms with E-state index in [2.05, 4.69) is 0 Å². The minimum absolute atomic E-state index is 0.0470. The van der Waals surface area contributed by atoms with Crippen LogP contribution >= 0.6 is 11.6 Å². The fraction of sp³-hybridized carbons (Fsp3) is 0.360. The summed E-state index contributed by atoms with van der Waals surface area (Å²) < 4.78 is 5.15. The summed E-state index contributed by atoms with van der Waals surface area (Å²) in [5.74, 6) is -2.15. The Labute approximate surface area is 198 Å². The van der Waals surface area contributed by atoms with Gasteiger partial charge >= 0.3 is 0 Å².